The number of allylic oxidation sites excluding steroid dienone is 1. The first kappa shape index (κ1) is 12.2. The highest BCUT2D eigenvalue weighted by molar-refractivity contribution is 5.99. The highest BCUT2D eigenvalue weighted by atomic mass is 15.2. The van der Waals surface area contributed by atoms with Gasteiger partial charge in [0.25, 0.3) is 0 Å². The Bertz CT molecular complexity index is 588. The summed E-state index contributed by atoms with van der Waals surface area (Å²) in [5.41, 5.74) is 2.80. The van der Waals surface area contributed by atoms with E-state index in [9.17, 15) is 0 Å². The Balaban J connectivity index is 2.40. The second-order valence-electron chi connectivity index (χ2n) is 4.28. The van der Waals surface area contributed by atoms with Crippen molar-refractivity contribution in [2.45, 2.75) is 13.8 Å². The lowest BCUT2D eigenvalue weighted by Gasteiger charge is -2.09. The minimum Gasteiger partial charge on any atom is -0.348 e. The first-order chi connectivity index (χ1) is 8.56. The summed E-state index contributed by atoms with van der Waals surface area (Å²) >= 11 is 0. The first-order valence-corrected chi connectivity index (χ1v) is 5.71. The quantitative estimate of drug-likeness (QED) is 0.641. The van der Waals surface area contributed by atoms with Crippen molar-refractivity contribution in [1.29, 1.82) is 0 Å². The van der Waals surface area contributed by atoms with Gasteiger partial charge in [-0.25, -0.2) is 4.99 Å². The van der Waals surface area contributed by atoms with Gasteiger partial charge in [0.1, 0.15) is 0 Å². The molecule has 2 N–H and O–H groups in total. The molecule has 0 spiro atoms. The number of aryl methyl sites for hydroxylation is 2. The maximum atomic E-state index is 4.50. The molecule has 0 radical (unpaired) electrons. The summed E-state index contributed by atoms with van der Waals surface area (Å²) < 4.78 is 1.99. The Morgan fingerprint density at radius 2 is 2.33 bits per heavy atom. The molecule has 0 amide bonds. The van der Waals surface area contributed by atoms with Crippen molar-refractivity contribution in [1.82, 2.24) is 20.1 Å². The van der Waals surface area contributed by atoms with E-state index in [-0.39, 0.29) is 0 Å². The highest BCUT2D eigenvalue weighted by Crippen LogP contribution is 2.11. The second kappa shape index (κ2) is 4.91. The van der Waals surface area contributed by atoms with Crippen LogP contribution in [-0.2, 0) is 7.05 Å². The molecular formula is C13H17N5. The number of aromatic nitrogens is 3. The van der Waals surface area contributed by atoms with Gasteiger partial charge in [-0.05, 0) is 26.0 Å². The van der Waals surface area contributed by atoms with Crippen molar-refractivity contribution in [2.24, 2.45) is 12.0 Å². The van der Waals surface area contributed by atoms with E-state index in [4.69, 9.17) is 0 Å². The largest absolute Gasteiger partial charge is 0.348 e. The number of hydrogen-bond acceptors (Lipinski definition) is 2. The van der Waals surface area contributed by atoms with Crippen molar-refractivity contribution in [2.75, 3.05) is 0 Å². The number of amidine groups is 1. The van der Waals surface area contributed by atoms with Gasteiger partial charge in [0.2, 0.25) is 0 Å². The number of nitrogens with one attached hydrogen (secondary N) is 2. The lowest BCUT2D eigenvalue weighted by molar-refractivity contribution is 0.902. The third-order valence-corrected chi connectivity index (χ3v) is 2.44. The van der Waals surface area contributed by atoms with Gasteiger partial charge in [0, 0.05) is 30.7 Å². The predicted molar refractivity (Wildman–Crippen MR) is 72.9 cm³/mol. The monoisotopic (exact) mass is 243 g/mol. The zero-order chi connectivity index (χ0) is 13.1. The van der Waals surface area contributed by atoms with Crippen molar-refractivity contribution in [3.63, 3.8) is 0 Å². The molecule has 0 aliphatic rings. The number of H-pyrrole nitrogens is 1. The third kappa shape index (κ3) is 2.68. The van der Waals surface area contributed by atoms with Gasteiger partial charge in [0.15, 0.2) is 11.7 Å². The number of aromatic amines is 1. The molecule has 94 valence electrons. The molecule has 0 unspecified atom stereocenters. The summed E-state index contributed by atoms with van der Waals surface area (Å²) in [6.45, 7) is 7.69. The molecule has 5 nitrogen and oxygen atoms in total. The predicted octanol–water partition coefficient (Wildman–Crippen LogP) is 2.26. The maximum Gasteiger partial charge on any atom is 0.176 e. The maximum absolute atomic E-state index is 4.50. The summed E-state index contributed by atoms with van der Waals surface area (Å²) in [4.78, 5) is 4.50. The van der Waals surface area contributed by atoms with Crippen LogP contribution in [0.2, 0.25) is 0 Å². The third-order valence-electron chi connectivity index (χ3n) is 2.44. The topological polar surface area (TPSA) is 58.0 Å². The summed E-state index contributed by atoms with van der Waals surface area (Å²) in [7, 11) is 1.97. The van der Waals surface area contributed by atoms with Crippen LogP contribution >= 0.6 is 0 Å². The Kier molecular flexibility index (Phi) is 3.32. The Morgan fingerprint density at radius 3 is 2.83 bits per heavy atom. The molecule has 2 aromatic rings. The zero-order valence-corrected chi connectivity index (χ0v) is 10.9. The molecule has 0 aliphatic carbocycles. The molecule has 0 aromatic carbocycles. The second-order valence-corrected chi connectivity index (χ2v) is 4.28. The number of hydrogen-bond donors (Lipinski definition) is 2. The van der Waals surface area contributed by atoms with Gasteiger partial charge >= 0.3 is 0 Å². The summed E-state index contributed by atoms with van der Waals surface area (Å²) in [6, 6.07) is 5.86. The van der Waals surface area contributed by atoms with Gasteiger partial charge in [-0.2, -0.15) is 5.10 Å². The Hall–Kier alpha value is -2.30. The van der Waals surface area contributed by atoms with Crippen LogP contribution in [0.5, 0.6) is 0 Å². The van der Waals surface area contributed by atoms with E-state index in [1.165, 1.54) is 0 Å². The average Bonchev–Trinajstić information content (AvgIpc) is 2.86. The lowest BCUT2D eigenvalue weighted by atomic mass is 10.3. The van der Waals surface area contributed by atoms with Crippen LogP contribution in [0.4, 0.5) is 5.82 Å². The fourth-order valence-electron chi connectivity index (χ4n) is 1.63. The molecule has 0 saturated carbocycles. The molecule has 18 heavy (non-hydrogen) atoms. The van der Waals surface area contributed by atoms with E-state index in [0.29, 0.717) is 5.82 Å². The Morgan fingerprint density at radius 1 is 1.56 bits per heavy atom. The molecule has 0 fully saturated rings. The van der Waals surface area contributed by atoms with Gasteiger partial charge in [-0.15, -0.1) is 0 Å². The fourth-order valence-corrected chi connectivity index (χ4v) is 1.63. The highest BCUT2D eigenvalue weighted by Gasteiger charge is 2.08. The van der Waals surface area contributed by atoms with E-state index < -0.39 is 0 Å². The van der Waals surface area contributed by atoms with Crippen LogP contribution < -0.4 is 5.32 Å². The molecule has 0 bridgehead atoms. The minimum absolute atomic E-state index is 0.650. The fraction of sp³-hybridized carbons (Fsp3) is 0.231. The molecule has 2 heterocycles. The SMILES string of the molecule is C=C(C)NC(=Nc1cc(C)[nH]n1)c1cccn1C. The van der Waals surface area contributed by atoms with Crippen LogP contribution in [0.3, 0.4) is 0 Å². The van der Waals surface area contributed by atoms with Crippen LogP contribution in [0, 0.1) is 6.92 Å². The van der Waals surface area contributed by atoms with Crippen LogP contribution in [0.25, 0.3) is 0 Å². The molecular weight excluding hydrogens is 226 g/mol. The van der Waals surface area contributed by atoms with E-state index in [2.05, 4.69) is 27.1 Å². The molecule has 0 aliphatic heterocycles. The summed E-state index contributed by atoms with van der Waals surface area (Å²) in [5.74, 6) is 1.39. The number of rotatable bonds is 3. The normalized spacial score (nSPS) is 11.6. The van der Waals surface area contributed by atoms with Crippen molar-refractivity contribution in [3.8, 4) is 0 Å². The van der Waals surface area contributed by atoms with Crippen LogP contribution in [0.15, 0.2) is 41.7 Å². The van der Waals surface area contributed by atoms with E-state index in [0.717, 1.165) is 22.9 Å². The minimum atomic E-state index is 0.650. The smallest absolute Gasteiger partial charge is 0.176 e. The van der Waals surface area contributed by atoms with E-state index >= 15 is 0 Å². The van der Waals surface area contributed by atoms with Crippen molar-refractivity contribution < 1.29 is 0 Å². The van der Waals surface area contributed by atoms with Crippen molar-refractivity contribution in [3.05, 3.63) is 48.1 Å². The lowest BCUT2D eigenvalue weighted by Crippen LogP contribution is -2.24. The molecule has 2 aromatic heterocycles. The first-order valence-electron chi connectivity index (χ1n) is 5.71. The van der Waals surface area contributed by atoms with Crippen LogP contribution in [0.1, 0.15) is 18.3 Å². The molecule has 2 rings (SSSR count). The van der Waals surface area contributed by atoms with Gasteiger partial charge in [-0.1, -0.05) is 6.58 Å². The van der Waals surface area contributed by atoms with Gasteiger partial charge < -0.3 is 9.88 Å². The molecule has 0 saturated heterocycles. The van der Waals surface area contributed by atoms with E-state index in [1.807, 2.05) is 49.9 Å². The van der Waals surface area contributed by atoms with E-state index in [1.54, 1.807) is 0 Å². The Labute approximate surface area is 106 Å². The molecule has 5 heteroatoms. The van der Waals surface area contributed by atoms with Gasteiger partial charge in [0.05, 0.1) is 5.69 Å². The average molecular weight is 243 g/mol. The summed E-state index contributed by atoms with van der Waals surface area (Å²) in [6.07, 6.45) is 1.97. The van der Waals surface area contributed by atoms with Crippen LogP contribution in [-0.4, -0.2) is 20.6 Å². The number of nitrogens with zero attached hydrogens (tertiary/aromatic N) is 3. The van der Waals surface area contributed by atoms with Crippen molar-refractivity contribution >= 4 is 11.7 Å². The zero-order valence-electron chi connectivity index (χ0n) is 10.9. The summed E-state index contributed by atoms with van der Waals surface area (Å²) in [5, 5.41) is 10.1. The van der Waals surface area contributed by atoms with Gasteiger partial charge in [-0.3, -0.25) is 5.10 Å². The number of aliphatic imine (C=N–C) groups is 1. The standard InChI is InChI=1S/C13H17N5/c1-9(2)14-13(11-6-5-7-18(11)4)15-12-8-10(3)16-17-12/h5-8H,1H2,2-4H3,(H2,14,15,16,17). The molecule has 0 atom stereocenters.